The molecule has 1 fully saturated rings. The quantitative estimate of drug-likeness (QED) is 0.563. The average molecular weight is 494 g/mol. The molecule has 6 nitrogen and oxygen atoms in total. The second-order valence-corrected chi connectivity index (χ2v) is 10.6. The number of amides is 1. The van der Waals surface area contributed by atoms with Crippen molar-refractivity contribution >= 4 is 50.2 Å². The minimum absolute atomic E-state index is 0.00607. The van der Waals surface area contributed by atoms with E-state index in [0.717, 1.165) is 22.6 Å². The Morgan fingerprint density at radius 1 is 1.06 bits per heavy atom. The van der Waals surface area contributed by atoms with Gasteiger partial charge in [-0.15, -0.1) is 11.3 Å². The van der Waals surface area contributed by atoms with Crippen LogP contribution in [0, 0.1) is 12.7 Å². The number of anilines is 2. The van der Waals surface area contributed by atoms with Crippen LogP contribution in [0.2, 0.25) is 5.02 Å². The van der Waals surface area contributed by atoms with Crippen molar-refractivity contribution in [3.05, 3.63) is 75.2 Å². The van der Waals surface area contributed by atoms with Crippen LogP contribution in [-0.4, -0.2) is 44.8 Å². The lowest BCUT2D eigenvalue weighted by molar-refractivity contribution is 0.102. The molecular formula is C22H21ClFN3O3S2. The number of aryl methyl sites for hydroxylation is 1. The lowest BCUT2D eigenvalue weighted by Gasteiger charge is -2.35. The zero-order chi connectivity index (χ0) is 22.9. The summed E-state index contributed by atoms with van der Waals surface area (Å²) in [6, 6.07) is 12.7. The Morgan fingerprint density at radius 2 is 1.75 bits per heavy atom. The molecule has 0 bridgehead atoms. The van der Waals surface area contributed by atoms with Gasteiger partial charge in [0.25, 0.3) is 5.91 Å². The van der Waals surface area contributed by atoms with Crippen LogP contribution < -0.4 is 10.2 Å². The van der Waals surface area contributed by atoms with Gasteiger partial charge >= 0.3 is 0 Å². The molecule has 2 aromatic carbocycles. The van der Waals surface area contributed by atoms with Crippen molar-refractivity contribution in [1.82, 2.24) is 4.31 Å². The highest BCUT2D eigenvalue weighted by molar-refractivity contribution is 7.89. The smallest absolute Gasteiger partial charge is 0.267 e. The number of sulfonamides is 1. The molecule has 1 amide bonds. The number of carbonyl (C=O) groups is 1. The van der Waals surface area contributed by atoms with Gasteiger partial charge in [0.15, 0.2) is 0 Å². The maximum absolute atomic E-state index is 13.3. The molecule has 0 spiro atoms. The summed E-state index contributed by atoms with van der Waals surface area (Å²) >= 11 is 7.19. The van der Waals surface area contributed by atoms with E-state index in [2.05, 4.69) is 5.32 Å². The molecule has 168 valence electrons. The number of nitrogens with zero attached hydrogens (tertiary/aromatic N) is 2. The molecule has 0 saturated carbocycles. The van der Waals surface area contributed by atoms with E-state index < -0.39 is 15.9 Å². The van der Waals surface area contributed by atoms with Gasteiger partial charge in [-0.05, 0) is 60.3 Å². The number of hydrogen-bond acceptors (Lipinski definition) is 5. The van der Waals surface area contributed by atoms with Crippen LogP contribution in [0.3, 0.4) is 0 Å². The van der Waals surface area contributed by atoms with E-state index in [9.17, 15) is 17.6 Å². The summed E-state index contributed by atoms with van der Waals surface area (Å²) in [5.41, 5.74) is 2.22. The third-order valence-electron chi connectivity index (χ3n) is 5.31. The standard InChI is InChI=1S/C22H21ClFN3O3S2/c1-15-2-5-17(14-19(15)23)25-22(28)21-20(8-13-31-21)32(29,30)27-11-9-26(10-12-27)18-6-3-16(24)4-7-18/h2-8,13-14H,9-12H2,1H3,(H,25,28). The largest absolute Gasteiger partial charge is 0.369 e. The normalized spacial score (nSPS) is 15.0. The van der Waals surface area contributed by atoms with Crippen molar-refractivity contribution in [3.8, 4) is 0 Å². The van der Waals surface area contributed by atoms with Crippen LogP contribution in [0.5, 0.6) is 0 Å². The monoisotopic (exact) mass is 493 g/mol. The number of benzene rings is 2. The Kier molecular flexibility index (Phi) is 6.52. The third kappa shape index (κ3) is 4.66. The first-order chi connectivity index (χ1) is 15.3. The fraction of sp³-hybridized carbons (Fsp3) is 0.227. The molecule has 2 heterocycles. The second kappa shape index (κ2) is 9.19. The van der Waals surface area contributed by atoms with Crippen molar-refractivity contribution in [2.75, 3.05) is 36.4 Å². The second-order valence-electron chi connectivity index (χ2n) is 7.40. The number of carbonyl (C=O) groups excluding carboxylic acids is 1. The Hall–Kier alpha value is -2.46. The Balaban J connectivity index is 1.48. The predicted molar refractivity (Wildman–Crippen MR) is 126 cm³/mol. The Labute approximate surface area is 195 Å². The Morgan fingerprint density at radius 3 is 2.41 bits per heavy atom. The highest BCUT2D eigenvalue weighted by Crippen LogP contribution is 2.28. The molecule has 32 heavy (non-hydrogen) atoms. The van der Waals surface area contributed by atoms with Gasteiger partial charge in [-0.2, -0.15) is 4.31 Å². The van der Waals surface area contributed by atoms with Crippen molar-refractivity contribution in [2.24, 2.45) is 0 Å². The number of nitrogens with one attached hydrogen (secondary N) is 1. The van der Waals surface area contributed by atoms with Crippen LogP contribution in [-0.2, 0) is 10.0 Å². The maximum atomic E-state index is 13.3. The maximum Gasteiger partial charge on any atom is 0.267 e. The highest BCUT2D eigenvalue weighted by atomic mass is 35.5. The number of rotatable bonds is 5. The van der Waals surface area contributed by atoms with Crippen LogP contribution in [0.1, 0.15) is 15.2 Å². The van der Waals surface area contributed by atoms with Gasteiger partial charge in [-0.25, -0.2) is 12.8 Å². The number of piperazine rings is 1. The van der Waals surface area contributed by atoms with E-state index in [-0.39, 0.29) is 28.7 Å². The first-order valence-corrected chi connectivity index (χ1v) is 12.6. The molecule has 0 atom stereocenters. The number of hydrogen-bond donors (Lipinski definition) is 1. The highest BCUT2D eigenvalue weighted by Gasteiger charge is 2.32. The van der Waals surface area contributed by atoms with Crippen LogP contribution in [0.25, 0.3) is 0 Å². The first kappa shape index (κ1) is 22.7. The molecule has 1 aliphatic heterocycles. The first-order valence-electron chi connectivity index (χ1n) is 9.91. The topological polar surface area (TPSA) is 69.7 Å². The molecule has 10 heteroatoms. The van der Waals surface area contributed by atoms with Gasteiger partial charge in [0.1, 0.15) is 15.6 Å². The van der Waals surface area contributed by atoms with E-state index in [0.29, 0.717) is 23.8 Å². The fourth-order valence-electron chi connectivity index (χ4n) is 3.50. The van der Waals surface area contributed by atoms with Gasteiger partial charge in [0.05, 0.1) is 0 Å². The molecular weight excluding hydrogens is 473 g/mol. The number of halogens is 2. The van der Waals surface area contributed by atoms with Crippen molar-refractivity contribution in [2.45, 2.75) is 11.8 Å². The minimum Gasteiger partial charge on any atom is -0.369 e. The molecule has 4 rings (SSSR count). The summed E-state index contributed by atoms with van der Waals surface area (Å²) in [5.74, 6) is -0.811. The fourth-order valence-corrected chi connectivity index (χ4v) is 6.40. The van der Waals surface area contributed by atoms with Gasteiger partial charge in [0.2, 0.25) is 10.0 Å². The zero-order valence-electron chi connectivity index (χ0n) is 17.2. The van der Waals surface area contributed by atoms with E-state index in [1.54, 1.807) is 35.7 Å². The average Bonchev–Trinajstić information content (AvgIpc) is 3.28. The summed E-state index contributed by atoms with van der Waals surface area (Å²) in [5, 5.41) is 4.84. The van der Waals surface area contributed by atoms with Crippen molar-refractivity contribution in [3.63, 3.8) is 0 Å². The van der Waals surface area contributed by atoms with E-state index in [1.165, 1.54) is 22.5 Å². The Bertz CT molecular complexity index is 1240. The molecule has 1 saturated heterocycles. The summed E-state index contributed by atoms with van der Waals surface area (Å²) in [6.45, 7) is 3.33. The lowest BCUT2D eigenvalue weighted by atomic mass is 10.2. The summed E-state index contributed by atoms with van der Waals surface area (Å²) in [7, 11) is -3.84. The van der Waals surface area contributed by atoms with Crippen LogP contribution in [0.15, 0.2) is 58.8 Å². The molecule has 1 aromatic heterocycles. The summed E-state index contributed by atoms with van der Waals surface area (Å²) < 4.78 is 41.1. The van der Waals surface area contributed by atoms with E-state index in [4.69, 9.17) is 11.6 Å². The van der Waals surface area contributed by atoms with Crippen LogP contribution >= 0.6 is 22.9 Å². The van der Waals surface area contributed by atoms with E-state index >= 15 is 0 Å². The molecule has 3 aromatic rings. The van der Waals surface area contributed by atoms with Crippen molar-refractivity contribution in [1.29, 1.82) is 0 Å². The van der Waals surface area contributed by atoms with Gasteiger partial charge < -0.3 is 10.2 Å². The summed E-state index contributed by atoms with van der Waals surface area (Å²) in [6.07, 6.45) is 0. The lowest BCUT2D eigenvalue weighted by Crippen LogP contribution is -2.48. The molecule has 1 N–H and O–H groups in total. The van der Waals surface area contributed by atoms with E-state index in [1.807, 2.05) is 11.8 Å². The van der Waals surface area contributed by atoms with Gasteiger partial charge in [-0.3, -0.25) is 4.79 Å². The molecule has 0 unspecified atom stereocenters. The predicted octanol–water partition coefficient (Wildman–Crippen LogP) is 4.61. The molecule has 1 aliphatic rings. The minimum atomic E-state index is -3.84. The third-order valence-corrected chi connectivity index (χ3v) is 8.70. The van der Waals surface area contributed by atoms with Gasteiger partial charge in [-0.1, -0.05) is 17.7 Å². The van der Waals surface area contributed by atoms with Crippen LogP contribution in [0.4, 0.5) is 15.8 Å². The molecule has 0 radical (unpaired) electrons. The SMILES string of the molecule is Cc1ccc(NC(=O)c2sccc2S(=O)(=O)N2CCN(c3ccc(F)cc3)CC2)cc1Cl. The van der Waals surface area contributed by atoms with Crippen molar-refractivity contribution < 1.29 is 17.6 Å². The zero-order valence-corrected chi connectivity index (χ0v) is 19.6. The summed E-state index contributed by atoms with van der Waals surface area (Å²) in [4.78, 5) is 14.9. The molecule has 0 aliphatic carbocycles. The number of thiophene rings is 1. The van der Waals surface area contributed by atoms with Gasteiger partial charge in [0, 0.05) is 42.6 Å².